The van der Waals surface area contributed by atoms with Crippen LogP contribution in [-0.2, 0) is 22.6 Å². The van der Waals surface area contributed by atoms with E-state index in [1.54, 1.807) is 6.07 Å². The van der Waals surface area contributed by atoms with E-state index >= 15 is 0 Å². The molecule has 34 heavy (non-hydrogen) atoms. The minimum absolute atomic E-state index is 0.0364. The first kappa shape index (κ1) is 24.8. The number of halogens is 3. The molecule has 1 heterocycles. The summed E-state index contributed by atoms with van der Waals surface area (Å²) in [5.41, 5.74) is 4.95. The molecule has 0 atom stereocenters. The number of hydrogen-bond acceptors (Lipinski definition) is 8. The Morgan fingerprint density at radius 3 is 2.53 bits per heavy atom. The fourth-order valence-electron chi connectivity index (χ4n) is 2.94. The molecule has 0 spiro atoms. The van der Waals surface area contributed by atoms with Crippen molar-refractivity contribution in [1.82, 2.24) is 9.97 Å². The summed E-state index contributed by atoms with van der Waals surface area (Å²) in [6.45, 7) is -0.136. The minimum Gasteiger partial charge on any atom is -0.495 e. The SMILES string of the molecule is COc1ccc(C(N)=O)cc1Nc1ncc(C(F)(F)F)c(NCc2cccc(S(C)(=O)=O)c2)n1. The third kappa shape index (κ3) is 5.92. The summed E-state index contributed by atoms with van der Waals surface area (Å²) in [5.74, 6) is -1.17. The molecule has 0 saturated heterocycles. The largest absolute Gasteiger partial charge is 0.495 e. The number of nitrogens with one attached hydrogen (secondary N) is 2. The Labute approximate surface area is 193 Å². The van der Waals surface area contributed by atoms with Gasteiger partial charge in [-0.3, -0.25) is 4.79 Å². The van der Waals surface area contributed by atoms with Gasteiger partial charge in [0.15, 0.2) is 9.84 Å². The quantitative estimate of drug-likeness (QED) is 0.433. The highest BCUT2D eigenvalue weighted by atomic mass is 32.2. The molecule has 2 aromatic carbocycles. The van der Waals surface area contributed by atoms with Gasteiger partial charge in [0, 0.05) is 24.6 Å². The number of carbonyl (C=O) groups excluding carboxylic acids is 1. The zero-order valence-electron chi connectivity index (χ0n) is 18.0. The number of amides is 1. The molecule has 1 aromatic heterocycles. The summed E-state index contributed by atoms with van der Waals surface area (Å²) in [7, 11) is -2.11. The first-order valence-corrected chi connectivity index (χ1v) is 11.5. The van der Waals surface area contributed by atoms with Gasteiger partial charge in [-0.1, -0.05) is 12.1 Å². The molecule has 0 aliphatic rings. The first-order valence-electron chi connectivity index (χ1n) is 9.60. The second kappa shape index (κ2) is 9.55. The van der Waals surface area contributed by atoms with Crippen molar-refractivity contribution in [2.45, 2.75) is 17.6 Å². The van der Waals surface area contributed by atoms with Gasteiger partial charge in [-0.2, -0.15) is 18.2 Å². The fraction of sp³-hybridized carbons (Fsp3) is 0.190. The average molecular weight is 495 g/mol. The number of ether oxygens (including phenoxy) is 1. The lowest BCUT2D eigenvalue weighted by atomic mass is 10.2. The molecular formula is C21H20F3N5O4S. The Kier molecular flexibility index (Phi) is 6.96. The van der Waals surface area contributed by atoms with E-state index in [0.29, 0.717) is 11.8 Å². The highest BCUT2D eigenvalue weighted by Crippen LogP contribution is 2.35. The molecule has 13 heteroatoms. The van der Waals surface area contributed by atoms with Crippen LogP contribution in [0.5, 0.6) is 5.75 Å². The number of primary amides is 1. The summed E-state index contributed by atoms with van der Waals surface area (Å²) in [5, 5.41) is 5.31. The average Bonchev–Trinajstić information content (AvgIpc) is 2.76. The molecule has 3 rings (SSSR count). The van der Waals surface area contributed by atoms with Gasteiger partial charge in [0.1, 0.15) is 17.1 Å². The molecule has 1 amide bonds. The number of hydrogen-bond donors (Lipinski definition) is 3. The Hall–Kier alpha value is -3.87. The highest BCUT2D eigenvalue weighted by Gasteiger charge is 2.35. The van der Waals surface area contributed by atoms with Crippen LogP contribution in [0, 0.1) is 0 Å². The molecule has 0 bridgehead atoms. The standard InChI is InChI=1S/C21H20F3N5O4S/c1-33-17-7-6-13(18(25)30)9-16(17)28-20-27-11-15(21(22,23)24)19(29-20)26-10-12-4-3-5-14(8-12)34(2,31)32/h3-9,11H,10H2,1-2H3,(H2,25,30)(H2,26,27,28,29). The van der Waals surface area contributed by atoms with E-state index in [2.05, 4.69) is 20.6 Å². The molecule has 180 valence electrons. The highest BCUT2D eigenvalue weighted by molar-refractivity contribution is 7.90. The van der Waals surface area contributed by atoms with Crippen LogP contribution in [-0.4, -0.2) is 37.7 Å². The number of carbonyl (C=O) groups is 1. The number of benzene rings is 2. The predicted octanol–water partition coefficient (Wildman–Crippen LogP) is 3.36. The van der Waals surface area contributed by atoms with Crippen LogP contribution < -0.4 is 21.1 Å². The molecule has 9 nitrogen and oxygen atoms in total. The van der Waals surface area contributed by atoms with Gasteiger partial charge in [0.2, 0.25) is 11.9 Å². The number of nitrogens with two attached hydrogens (primary N) is 1. The van der Waals surface area contributed by atoms with Crippen molar-refractivity contribution in [3.8, 4) is 5.75 Å². The molecule has 0 unspecified atom stereocenters. The molecular weight excluding hydrogens is 475 g/mol. The third-order valence-electron chi connectivity index (χ3n) is 4.61. The van der Waals surface area contributed by atoms with E-state index in [-0.39, 0.29) is 34.4 Å². The zero-order valence-corrected chi connectivity index (χ0v) is 18.8. The Morgan fingerprint density at radius 1 is 1.18 bits per heavy atom. The van der Waals surface area contributed by atoms with Crippen LogP contribution in [0.4, 0.5) is 30.6 Å². The van der Waals surface area contributed by atoms with Crippen LogP contribution in [0.3, 0.4) is 0 Å². The van der Waals surface area contributed by atoms with Crippen molar-refractivity contribution >= 4 is 33.2 Å². The van der Waals surface area contributed by atoms with Crippen LogP contribution in [0.1, 0.15) is 21.5 Å². The van der Waals surface area contributed by atoms with Gasteiger partial charge in [-0.05, 0) is 35.9 Å². The number of anilines is 3. The summed E-state index contributed by atoms with van der Waals surface area (Å²) in [6.07, 6.45) is -3.11. The monoisotopic (exact) mass is 495 g/mol. The van der Waals surface area contributed by atoms with Crippen molar-refractivity contribution < 1.29 is 31.1 Å². The summed E-state index contributed by atoms with van der Waals surface area (Å²) in [6, 6.07) is 10.0. The second-order valence-corrected chi connectivity index (χ2v) is 9.15. The van der Waals surface area contributed by atoms with E-state index in [4.69, 9.17) is 10.5 Å². The summed E-state index contributed by atoms with van der Waals surface area (Å²) >= 11 is 0. The lowest BCUT2D eigenvalue weighted by molar-refractivity contribution is -0.137. The number of sulfone groups is 1. The van der Waals surface area contributed by atoms with E-state index in [1.165, 1.54) is 43.5 Å². The van der Waals surface area contributed by atoms with Gasteiger partial charge >= 0.3 is 6.18 Å². The van der Waals surface area contributed by atoms with Gasteiger partial charge in [0.05, 0.1) is 17.7 Å². The minimum atomic E-state index is -4.75. The van der Waals surface area contributed by atoms with Crippen molar-refractivity contribution in [3.63, 3.8) is 0 Å². The molecule has 0 saturated carbocycles. The van der Waals surface area contributed by atoms with Crippen LogP contribution in [0.25, 0.3) is 0 Å². The maximum atomic E-state index is 13.5. The van der Waals surface area contributed by atoms with E-state index in [9.17, 15) is 26.4 Å². The van der Waals surface area contributed by atoms with Crippen LogP contribution in [0.2, 0.25) is 0 Å². The van der Waals surface area contributed by atoms with Gasteiger partial charge in [0.25, 0.3) is 0 Å². The number of aromatic nitrogens is 2. The number of alkyl halides is 3. The fourth-order valence-corrected chi connectivity index (χ4v) is 3.63. The van der Waals surface area contributed by atoms with Crippen molar-refractivity contribution in [2.24, 2.45) is 5.73 Å². The predicted molar refractivity (Wildman–Crippen MR) is 119 cm³/mol. The maximum absolute atomic E-state index is 13.5. The normalized spacial score (nSPS) is 11.7. The van der Waals surface area contributed by atoms with Gasteiger partial charge in [-0.25, -0.2) is 13.4 Å². The Balaban J connectivity index is 1.94. The van der Waals surface area contributed by atoms with Gasteiger partial charge in [-0.15, -0.1) is 0 Å². The molecule has 0 fully saturated rings. The first-order chi connectivity index (χ1) is 15.9. The van der Waals surface area contributed by atoms with E-state index < -0.39 is 33.3 Å². The number of nitrogens with zero attached hydrogens (tertiary/aromatic N) is 2. The summed E-state index contributed by atoms with van der Waals surface area (Å²) < 4.78 is 69.2. The topological polar surface area (TPSA) is 136 Å². The van der Waals surface area contributed by atoms with Crippen molar-refractivity contribution in [2.75, 3.05) is 24.0 Å². The van der Waals surface area contributed by atoms with Crippen LogP contribution in [0.15, 0.2) is 53.6 Å². The number of rotatable bonds is 8. The second-order valence-electron chi connectivity index (χ2n) is 7.13. The van der Waals surface area contributed by atoms with Crippen LogP contribution >= 0.6 is 0 Å². The maximum Gasteiger partial charge on any atom is 0.421 e. The lowest BCUT2D eigenvalue weighted by Crippen LogP contribution is -2.15. The molecule has 0 aliphatic heterocycles. The Morgan fingerprint density at radius 2 is 1.91 bits per heavy atom. The smallest absolute Gasteiger partial charge is 0.421 e. The summed E-state index contributed by atoms with van der Waals surface area (Å²) in [4.78, 5) is 19.2. The molecule has 0 aliphatic carbocycles. The zero-order chi connectivity index (χ0) is 25.1. The van der Waals surface area contributed by atoms with E-state index in [1.807, 2.05) is 0 Å². The Bertz CT molecular complexity index is 1330. The lowest BCUT2D eigenvalue weighted by Gasteiger charge is -2.16. The molecule has 0 radical (unpaired) electrons. The van der Waals surface area contributed by atoms with Gasteiger partial charge < -0.3 is 21.1 Å². The number of methoxy groups -OCH3 is 1. The molecule has 3 aromatic rings. The van der Waals surface area contributed by atoms with Crippen molar-refractivity contribution in [3.05, 3.63) is 65.4 Å². The van der Waals surface area contributed by atoms with E-state index in [0.717, 1.165) is 6.26 Å². The van der Waals surface area contributed by atoms with Crippen molar-refractivity contribution in [1.29, 1.82) is 0 Å². The third-order valence-corrected chi connectivity index (χ3v) is 5.72. The molecule has 4 N–H and O–H groups in total.